The van der Waals surface area contributed by atoms with Crippen molar-refractivity contribution in [2.24, 2.45) is 17.8 Å². The van der Waals surface area contributed by atoms with Crippen molar-refractivity contribution in [2.75, 3.05) is 11.9 Å². The Bertz CT molecular complexity index is 458. The molecular formula is C15H21N3S. The van der Waals surface area contributed by atoms with Gasteiger partial charge in [0.1, 0.15) is 5.01 Å². The number of rotatable bonds is 4. The van der Waals surface area contributed by atoms with Crippen LogP contribution in [0.3, 0.4) is 0 Å². The molecule has 4 aliphatic carbocycles. The summed E-state index contributed by atoms with van der Waals surface area (Å²) in [4.78, 5) is 0. The molecule has 0 unspecified atom stereocenters. The van der Waals surface area contributed by atoms with Crippen LogP contribution < -0.4 is 5.32 Å². The molecule has 5 rings (SSSR count). The first kappa shape index (κ1) is 11.9. The molecule has 1 aromatic heterocycles. The Morgan fingerprint density at radius 2 is 1.79 bits per heavy atom. The van der Waals surface area contributed by atoms with Crippen molar-refractivity contribution < 1.29 is 0 Å². The van der Waals surface area contributed by atoms with Gasteiger partial charge in [-0.25, -0.2) is 0 Å². The number of aromatic nitrogens is 2. The van der Waals surface area contributed by atoms with Gasteiger partial charge in [-0.15, -0.1) is 16.8 Å². The van der Waals surface area contributed by atoms with Gasteiger partial charge in [0.05, 0.1) is 0 Å². The van der Waals surface area contributed by atoms with Crippen molar-refractivity contribution in [3.63, 3.8) is 0 Å². The normalized spacial score (nSPS) is 39.5. The molecule has 4 heteroatoms. The Kier molecular flexibility index (Phi) is 2.69. The molecule has 0 aliphatic heterocycles. The molecule has 0 spiro atoms. The Hall–Kier alpha value is -0.900. The summed E-state index contributed by atoms with van der Waals surface area (Å²) >= 11 is 1.78. The molecule has 0 radical (unpaired) electrons. The van der Waals surface area contributed by atoms with E-state index in [4.69, 9.17) is 0 Å². The maximum Gasteiger partial charge on any atom is 0.205 e. The molecule has 19 heavy (non-hydrogen) atoms. The van der Waals surface area contributed by atoms with Crippen LogP contribution in [-0.2, 0) is 5.41 Å². The van der Waals surface area contributed by atoms with E-state index in [1.807, 2.05) is 6.08 Å². The lowest BCUT2D eigenvalue weighted by Gasteiger charge is -2.55. The molecule has 1 N–H and O–H groups in total. The van der Waals surface area contributed by atoms with E-state index in [0.717, 1.165) is 29.4 Å². The SMILES string of the molecule is C=CCNc1nnc(C23CC4CC(CC(C4)C2)C3)s1. The second-order valence-corrected chi connectivity index (χ2v) is 7.76. The first-order chi connectivity index (χ1) is 9.27. The minimum atomic E-state index is 0.389. The molecule has 0 aromatic carbocycles. The minimum Gasteiger partial charge on any atom is -0.357 e. The lowest BCUT2D eigenvalue weighted by atomic mass is 9.50. The van der Waals surface area contributed by atoms with Gasteiger partial charge in [-0.05, 0) is 56.3 Å². The highest BCUT2D eigenvalue weighted by atomic mass is 32.1. The highest BCUT2D eigenvalue weighted by Gasteiger charge is 2.53. The van der Waals surface area contributed by atoms with Crippen LogP contribution in [0.5, 0.6) is 0 Å². The van der Waals surface area contributed by atoms with E-state index >= 15 is 0 Å². The summed E-state index contributed by atoms with van der Waals surface area (Å²) < 4.78 is 0. The van der Waals surface area contributed by atoms with Crippen LogP contribution >= 0.6 is 11.3 Å². The average Bonchev–Trinajstić information content (AvgIpc) is 2.84. The quantitative estimate of drug-likeness (QED) is 0.853. The zero-order valence-electron chi connectivity index (χ0n) is 11.3. The van der Waals surface area contributed by atoms with Crippen molar-refractivity contribution >= 4 is 16.5 Å². The van der Waals surface area contributed by atoms with Crippen LogP contribution in [0.25, 0.3) is 0 Å². The van der Waals surface area contributed by atoms with Gasteiger partial charge in [-0.2, -0.15) is 0 Å². The van der Waals surface area contributed by atoms with Gasteiger partial charge in [-0.1, -0.05) is 17.4 Å². The van der Waals surface area contributed by atoms with Crippen LogP contribution in [-0.4, -0.2) is 16.7 Å². The molecule has 0 saturated heterocycles. The maximum atomic E-state index is 4.53. The van der Waals surface area contributed by atoms with E-state index in [0.29, 0.717) is 5.41 Å². The van der Waals surface area contributed by atoms with Gasteiger partial charge in [0, 0.05) is 12.0 Å². The number of nitrogens with one attached hydrogen (secondary N) is 1. The highest BCUT2D eigenvalue weighted by Crippen LogP contribution is 2.61. The molecule has 3 nitrogen and oxygen atoms in total. The molecule has 1 aromatic rings. The van der Waals surface area contributed by atoms with Gasteiger partial charge in [-0.3, -0.25) is 0 Å². The van der Waals surface area contributed by atoms with Gasteiger partial charge in [0.15, 0.2) is 0 Å². The molecule has 1 heterocycles. The molecular weight excluding hydrogens is 254 g/mol. The van der Waals surface area contributed by atoms with Crippen molar-refractivity contribution in [1.29, 1.82) is 0 Å². The molecule has 4 fully saturated rings. The van der Waals surface area contributed by atoms with Crippen molar-refractivity contribution in [2.45, 2.75) is 43.9 Å². The summed E-state index contributed by atoms with van der Waals surface area (Å²) in [5.41, 5.74) is 0.389. The Labute approximate surface area is 118 Å². The Balaban J connectivity index is 1.60. The molecule has 0 amide bonds. The number of hydrogen-bond donors (Lipinski definition) is 1. The fourth-order valence-corrected chi connectivity index (χ4v) is 6.01. The highest BCUT2D eigenvalue weighted by molar-refractivity contribution is 7.15. The molecule has 4 saturated carbocycles. The summed E-state index contributed by atoms with van der Waals surface area (Å²) in [5.74, 6) is 2.92. The summed E-state index contributed by atoms with van der Waals surface area (Å²) in [6.45, 7) is 4.50. The van der Waals surface area contributed by atoms with E-state index < -0.39 is 0 Å². The molecule has 102 valence electrons. The summed E-state index contributed by atoms with van der Waals surface area (Å²) in [5, 5.41) is 14.4. The van der Waals surface area contributed by atoms with E-state index in [-0.39, 0.29) is 0 Å². The van der Waals surface area contributed by atoms with Crippen molar-refractivity contribution in [3.05, 3.63) is 17.7 Å². The van der Waals surface area contributed by atoms with Gasteiger partial charge in [0.2, 0.25) is 5.13 Å². The number of nitrogens with zero attached hydrogens (tertiary/aromatic N) is 2. The largest absolute Gasteiger partial charge is 0.357 e. The number of hydrogen-bond acceptors (Lipinski definition) is 4. The zero-order chi connectivity index (χ0) is 12.9. The third-order valence-corrected chi connectivity index (χ3v) is 6.44. The second-order valence-electron chi connectivity index (χ2n) is 6.78. The van der Waals surface area contributed by atoms with Crippen molar-refractivity contribution in [1.82, 2.24) is 10.2 Å². The smallest absolute Gasteiger partial charge is 0.205 e. The topological polar surface area (TPSA) is 37.8 Å². The van der Waals surface area contributed by atoms with Crippen LogP contribution in [0.15, 0.2) is 12.7 Å². The average molecular weight is 275 g/mol. The monoisotopic (exact) mass is 275 g/mol. The van der Waals surface area contributed by atoms with Crippen LogP contribution in [0.1, 0.15) is 43.5 Å². The van der Waals surface area contributed by atoms with E-state index in [1.165, 1.54) is 43.5 Å². The fourth-order valence-electron chi connectivity index (χ4n) is 5.04. The second kappa shape index (κ2) is 4.30. The van der Waals surface area contributed by atoms with Crippen LogP contribution in [0.2, 0.25) is 0 Å². The predicted molar refractivity (Wildman–Crippen MR) is 78.4 cm³/mol. The third-order valence-electron chi connectivity index (χ3n) is 5.31. The molecule has 0 atom stereocenters. The first-order valence-corrected chi connectivity index (χ1v) is 8.28. The maximum absolute atomic E-state index is 4.53. The van der Waals surface area contributed by atoms with Gasteiger partial charge >= 0.3 is 0 Å². The third kappa shape index (κ3) is 1.92. The lowest BCUT2D eigenvalue weighted by molar-refractivity contribution is -0.00555. The lowest BCUT2D eigenvalue weighted by Crippen LogP contribution is -2.48. The Morgan fingerprint density at radius 1 is 1.16 bits per heavy atom. The summed E-state index contributed by atoms with van der Waals surface area (Å²) in [6, 6.07) is 0. The van der Waals surface area contributed by atoms with Crippen LogP contribution in [0, 0.1) is 17.8 Å². The predicted octanol–water partition coefficient (Wildman–Crippen LogP) is 3.60. The summed E-state index contributed by atoms with van der Waals surface area (Å²) in [7, 11) is 0. The Morgan fingerprint density at radius 3 is 2.37 bits per heavy atom. The fraction of sp³-hybridized carbons (Fsp3) is 0.733. The first-order valence-electron chi connectivity index (χ1n) is 7.46. The van der Waals surface area contributed by atoms with E-state index in [9.17, 15) is 0 Å². The van der Waals surface area contributed by atoms with Crippen molar-refractivity contribution in [3.8, 4) is 0 Å². The van der Waals surface area contributed by atoms with Gasteiger partial charge in [0.25, 0.3) is 0 Å². The molecule has 4 bridgehead atoms. The van der Waals surface area contributed by atoms with Crippen LogP contribution in [0.4, 0.5) is 5.13 Å². The standard InChI is InChI=1S/C15H21N3S/c1-2-3-16-14-18-17-13(19-14)15-7-10-4-11(8-15)6-12(5-10)9-15/h2,10-12H,1,3-9H2,(H,16,18). The van der Waals surface area contributed by atoms with Gasteiger partial charge < -0.3 is 5.32 Å². The number of anilines is 1. The molecule has 4 aliphatic rings. The summed E-state index contributed by atoms with van der Waals surface area (Å²) in [6.07, 6.45) is 10.4. The van der Waals surface area contributed by atoms with E-state index in [1.54, 1.807) is 11.3 Å². The zero-order valence-corrected chi connectivity index (χ0v) is 12.1. The minimum absolute atomic E-state index is 0.389. The van der Waals surface area contributed by atoms with E-state index in [2.05, 4.69) is 22.1 Å².